The molecule has 0 aromatic rings. The number of rotatable bonds is 1. The van der Waals surface area contributed by atoms with Gasteiger partial charge in [0.15, 0.2) is 0 Å². The molecule has 1 saturated carbocycles. The minimum Gasteiger partial charge on any atom is -0.465 e. The molecule has 3 aliphatic rings. The normalized spacial score (nSPS) is 39.9. The average Bonchev–Trinajstić information content (AvgIpc) is 2.60. The summed E-state index contributed by atoms with van der Waals surface area (Å²) in [6.45, 7) is 9.47. The molecule has 0 aromatic carbocycles. The summed E-state index contributed by atoms with van der Waals surface area (Å²) in [5, 5.41) is 8.93. The summed E-state index contributed by atoms with van der Waals surface area (Å²) < 4.78 is 12.1. The first-order valence-electron chi connectivity index (χ1n) is 6.56. The monoisotopic (exact) mass is 253 g/mol. The van der Waals surface area contributed by atoms with Crippen LogP contribution in [0.2, 0.25) is 5.82 Å². The highest BCUT2D eigenvalue weighted by Crippen LogP contribution is 2.61. The Balaban J connectivity index is 1.64. The number of likely N-dealkylation sites (tertiary alicyclic amines) is 1. The zero-order chi connectivity index (χ0) is 13.3. The van der Waals surface area contributed by atoms with Gasteiger partial charge in [0.1, 0.15) is 0 Å². The molecule has 1 aliphatic carbocycles. The smallest absolute Gasteiger partial charge is 0.461 e. The van der Waals surface area contributed by atoms with Gasteiger partial charge in [-0.05, 0) is 39.5 Å². The molecular formula is C12H20BNO4. The second kappa shape index (κ2) is 3.42. The quantitative estimate of drug-likeness (QED) is 0.722. The zero-order valence-electron chi connectivity index (χ0n) is 11.3. The van der Waals surface area contributed by atoms with E-state index in [9.17, 15) is 4.79 Å². The summed E-state index contributed by atoms with van der Waals surface area (Å²) >= 11 is 0. The van der Waals surface area contributed by atoms with Gasteiger partial charge in [0.05, 0.1) is 11.2 Å². The van der Waals surface area contributed by atoms with Gasteiger partial charge in [-0.3, -0.25) is 0 Å². The summed E-state index contributed by atoms with van der Waals surface area (Å²) in [6, 6.07) is 0. The van der Waals surface area contributed by atoms with Gasteiger partial charge in [-0.25, -0.2) is 4.79 Å². The maximum Gasteiger partial charge on any atom is 0.461 e. The highest BCUT2D eigenvalue weighted by Gasteiger charge is 2.67. The fraction of sp³-hybridized carbons (Fsp3) is 0.917. The van der Waals surface area contributed by atoms with E-state index in [4.69, 9.17) is 14.4 Å². The topological polar surface area (TPSA) is 59.0 Å². The van der Waals surface area contributed by atoms with E-state index in [1.165, 1.54) is 4.90 Å². The van der Waals surface area contributed by atoms with E-state index in [2.05, 4.69) is 27.7 Å². The number of carboxylic acid groups (broad SMARTS) is 1. The lowest BCUT2D eigenvalue weighted by Gasteiger charge is -2.32. The number of hydrogen-bond acceptors (Lipinski definition) is 3. The predicted octanol–water partition coefficient (Wildman–Crippen LogP) is 1.69. The molecule has 18 heavy (non-hydrogen) atoms. The highest BCUT2D eigenvalue weighted by molar-refractivity contribution is 6.49. The first kappa shape index (κ1) is 12.3. The van der Waals surface area contributed by atoms with Crippen molar-refractivity contribution < 1.29 is 19.2 Å². The molecule has 5 nitrogen and oxygen atoms in total. The van der Waals surface area contributed by atoms with Crippen molar-refractivity contribution in [3.63, 3.8) is 0 Å². The average molecular weight is 253 g/mol. The van der Waals surface area contributed by atoms with Gasteiger partial charge in [0.2, 0.25) is 0 Å². The van der Waals surface area contributed by atoms with E-state index in [1.54, 1.807) is 0 Å². The van der Waals surface area contributed by atoms with Crippen LogP contribution in [0.3, 0.4) is 0 Å². The maximum absolute atomic E-state index is 10.9. The fourth-order valence-corrected chi connectivity index (χ4v) is 3.18. The summed E-state index contributed by atoms with van der Waals surface area (Å²) in [5.74, 6) is 1.23. The van der Waals surface area contributed by atoms with Crippen molar-refractivity contribution in [1.29, 1.82) is 0 Å². The van der Waals surface area contributed by atoms with Crippen LogP contribution in [0.25, 0.3) is 0 Å². The van der Waals surface area contributed by atoms with E-state index in [0.717, 1.165) is 0 Å². The zero-order valence-corrected chi connectivity index (χ0v) is 11.3. The van der Waals surface area contributed by atoms with Crippen molar-refractivity contribution in [2.45, 2.75) is 44.7 Å². The summed E-state index contributed by atoms with van der Waals surface area (Å²) in [5.41, 5.74) is -0.581. The molecule has 1 amide bonds. The van der Waals surface area contributed by atoms with Gasteiger partial charge >= 0.3 is 13.2 Å². The molecule has 3 fully saturated rings. The lowest BCUT2D eigenvalue weighted by molar-refractivity contribution is 0.00578. The van der Waals surface area contributed by atoms with E-state index in [0.29, 0.717) is 30.7 Å². The van der Waals surface area contributed by atoms with E-state index in [-0.39, 0.29) is 18.3 Å². The molecule has 1 N–H and O–H groups in total. The SMILES string of the molecule is CC1(C)OB(C2C3CN(C(=O)O)CC32)OC1(C)C. The lowest BCUT2D eigenvalue weighted by Crippen LogP contribution is -2.41. The molecule has 2 aliphatic heterocycles. The van der Waals surface area contributed by atoms with Crippen molar-refractivity contribution >= 4 is 13.2 Å². The standard InChI is InChI=1S/C12H20BNO4/c1-11(2)12(3,4)18-13(17-11)9-7-5-14(10(15)16)6-8(7)9/h7-9H,5-6H2,1-4H3,(H,15,16). The number of nitrogens with zero attached hydrogens (tertiary/aromatic N) is 1. The second-order valence-electron chi connectivity index (χ2n) is 6.72. The Labute approximate surface area is 108 Å². The number of piperidine rings is 1. The molecule has 6 heteroatoms. The van der Waals surface area contributed by atoms with Gasteiger partial charge in [0.25, 0.3) is 0 Å². The van der Waals surface area contributed by atoms with Crippen molar-refractivity contribution in [2.75, 3.05) is 13.1 Å². The Hall–Kier alpha value is -0.745. The van der Waals surface area contributed by atoms with Crippen LogP contribution in [0, 0.1) is 11.8 Å². The van der Waals surface area contributed by atoms with Crippen LogP contribution >= 0.6 is 0 Å². The molecule has 2 atom stereocenters. The highest BCUT2D eigenvalue weighted by atomic mass is 16.7. The number of amides is 1. The van der Waals surface area contributed by atoms with Gasteiger partial charge in [-0.2, -0.15) is 0 Å². The molecule has 0 bridgehead atoms. The van der Waals surface area contributed by atoms with Crippen LogP contribution in [0.5, 0.6) is 0 Å². The third-order valence-electron chi connectivity index (χ3n) is 5.12. The molecule has 0 aromatic heterocycles. The van der Waals surface area contributed by atoms with Crippen LogP contribution in [0.15, 0.2) is 0 Å². The first-order chi connectivity index (χ1) is 8.23. The van der Waals surface area contributed by atoms with Gasteiger partial charge in [-0.1, -0.05) is 0 Å². The lowest BCUT2D eigenvalue weighted by atomic mass is 9.79. The Kier molecular flexibility index (Phi) is 2.34. The Morgan fingerprint density at radius 2 is 1.61 bits per heavy atom. The maximum atomic E-state index is 10.9. The fourth-order valence-electron chi connectivity index (χ4n) is 3.18. The summed E-state index contributed by atoms with van der Waals surface area (Å²) in [4.78, 5) is 12.4. The van der Waals surface area contributed by atoms with Crippen LogP contribution in [-0.2, 0) is 9.31 Å². The van der Waals surface area contributed by atoms with Crippen LogP contribution in [0.4, 0.5) is 4.79 Å². The van der Waals surface area contributed by atoms with Crippen molar-refractivity contribution in [1.82, 2.24) is 4.90 Å². The van der Waals surface area contributed by atoms with Crippen LogP contribution in [-0.4, -0.2) is 47.5 Å². The summed E-state index contributed by atoms with van der Waals surface area (Å²) in [6.07, 6.45) is -0.810. The van der Waals surface area contributed by atoms with E-state index >= 15 is 0 Å². The van der Waals surface area contributed by atoms with E-state index < -0.39 is 6.09 Å². The minimum absolute atomic E-state index is 0.166. The molecule has 100 valence electrons. The van der Waals surface area contributed by atoms with Crippen molar-refractivity contribution in [2.24, 2.45) is 11.8 Å². The molecule has 2 saturated heterocycles. The number of fused-ring (bicyclic) bond motifs is 1. The molecule has 3 rings (SSSR count). The largest absolute Gasteiger partial charge is 0.465 e. The molecule has 0 radical (unpaired) electrons. The molecule has 2 heterocycles. The Morgan fingerprint density at radius 1 is 1.17 bits per heavy atom. The molecule has 2 unspecified atom stereocenters. The Bertz CT molecular complexity index is 370. The van der Waals surface area contributed by atoms with Gasteiger partial charge < -0.3 is 19.3 Å². The third kappa shape index (κ3) is 1.58. The van der Waals surface area contributed by atoms with Gasteiger partial charge in [0, 0.05) is 18.9 Å². The minimum atomic E-state index is -0.810. The van der Waals surface area contributed by atoms with Crippen LogP contribution in [0.1, 0.15) is 27.7 Å². The van der Waals surface area contributed by atoms with Crippen molar-refractivity contribution in [3.8, 4) is 0 Å². The van der Waals surface area contributed by atoms with Gasteiger partial charge in [-0.15, -0.1) is 0 Å². The third-order valence-corrected chi connectivity index (χ3v) is 5.12. The second-order valence-corrected chi connectivity index (χ2v) is 6.72. The Morgan fingerprint density at radius 3 is 2.00 bits per heavy atom. The predicted molar refractivity (Wildman–Crippen MR) is 66.4 cm³/mol. The molecule has 0 spiro atoms. The number of carbonyl (C=O) groups is 1. The number of hydrogen-bond donors (Lipinski definition) is 1. The van der Waals surface area contributed by atoms with Crippen molar-refractivity contribution in [3.05, 3.63) is 0 Å². The van der Waals surface area contributed by atoms with Crippen LogP contribution < -0.4 is 0 Å². The van der Waals surface area contributed by atoms with E-state index in [1.807, 2.05) is 0 Å². The summed E-state index contributed by atoms with van der Waals surface area (Å²) in [7, 11) is -0.166. The first-order valence-corrected chi connectivity index (χ1v) is 6.56. The molecular weight excluding hydrogens is 233 g/mol.